The number of fused-ring (bicyclic) bond motifs is 1. The monoisotopic (exact) mass is 386 g/mol. The number of ether oxygens (including phenoxy) is 2. The largest absolute Gasteiger partial charge is 0.454 e. The Bertz CT molecular complexity index is 732. The smallest absolute Gasteiger partial charge is 0.281 e. The van der Waals surface area contributed by atoms with E-state index in [9.17, 15) is 4.79 Å². The molecule has 1 aromatic heterocycles. The van der Waals surface area contributed by atoms with E-state index in [4.69, 9.17) is 21.1 Å². The molecule has 0 saturated heterocycles. The zero-order valence-electron chi connectivity index (χ0n) is 10.4. The van der Waals surface area contributed by atoms with Crippen molar-refractivity contribution < 1.29 is 14.3 Å². The van der Waals surface area contributed by atoms with Crippen LogP contribution in [0, 0.1) is 0 Å². The molecule has 5 nitrogen and oxygen atoms in total. The molecule has 1 aliphatic rings. The van der Waals surface area contributed by atoms with Crippen LogP contribution >= 0.6 is 38.9 Å². The van der Waals surface area contributed by atoms with E-state index in [2.05, 4.69) is 26.5 Å². The van der Waals surface area contributed by atoms with Crippen LogP contribution in [0.5, 0.6) is 11.5 Å². The minimum atomic E-state index is -0.270. The summed E-state index contributed by atoms with van der Waals surface area (Å²) in [6, 6.07) is 6.95. The SMILES string of the molecule is O=C(N/N=C\c1cc(Cl)c2c(c1)OCO2)c1ccc(Br)s1. The fourth-order valence-electron chi connectivity index (χ4n) is 1.72. The average molecular weight is 388 g/mol. The van der Waals surface area contributed by atoms with E-state index in [0.717, 1.165) is 3.79 Å². The maximum absolute atomic E-state index is 11.8. The molecule has 0 unspecified atom stereocenters. The zero-order valence-corrected chi connectivity index (χ0v) is 13.6. The van der Waals surface area contributed by atoms with Crippen LogP contribution in [0.4, 0.5) is 0 Å². The minimum Gasteiger partial charge on any atom is -0.454 e. The third-order valence-corrected chi connectivity index (χ3v) is 4.53. The third-order valence-electron chi connectivity index (χ3n) is 2.63. The number of hydrogen-bond acceptors (Lipinski definition) is 5. The number of carbonyl (C=O) groups excluding carboxylic acids is 1. The van der Waals surface area contributed by atoms with Crippen LogP contribution in [0.1, 0.15) is 15.2 Å². The fraction of sp³-hybridized carbons (Fsp3) is 0.0769. The van der Waals surface area contributed by atoms with Gasteiger partial charge in [0.1, 0.15) is 0 Å². The Morgan fingerprint density at radius 2 is 2.29 bits per heavy atom. The number of nitrogens with zero attached hydrogens (tertiary/aromatic N) is 1. The first-order valence-corrected chi connectivity index (χ1v) is 7.80. The van der Waals surface area contributed by atoms with Crippen molar-refractivity contribution in [2.75, 3.05) is 6.79 Å². The van der Waals surface area contributed by atoms with E-state index < -0.39 is 0 Å². The summed E-state index contributed by atoms with van der Waals surface area (Å²) in [6.07, 6.45) is 1.49. The van der Waals surface area contributed by atoms with Crippen molar-refractivity contribution in [2.45, 2.75) is 0 Å². The molecule has 108 valence electrons. The number of carbonyl (C=O) groups is 1. The first-order valence-electron chi connectivity index (χ1n) is 5.81. The lowest BCUT2D eigenvalue weighted by Crippen LogP contribution is -2.16. The normalized spacial score (nSPS) is 12.9. The second kappa shape index (κ2) is 6.05. The van der Waals surface area contributed by atoms with E-state index in [0.29, 0.717) is 27.0 Å². The number of hydrazone groups is 1. The quantitative estimate of drug-likeness (QED) is 0.646. The minimum absolute atomic E-state index is 0.152. The molecular formula is C13H8BrClN2O3S. The molecule has 2 aromatic rings. The summed E-state index contributed by atoms with van der Waals surface area (Å²) in [5.41, 5.74) is 3.16. The van der Waals surface area contributed by atoms with Crippen molar-refractivity contribution in [3.05, 3.63) is 43.5 Å². The predicted molar refractivity (Wildman–Crippen MR) is 84.7 cm³/mol. The molecular weight excluding hydrogens is 380 g/mol. The van der Waals surface area contributed by atoms with Crippen molar-refractivity contribution in [1.82, 2.24) is 5.43 Å². The molecule has 1 aliphatic heterocycles. The highest BCUT2D eigenvalue weighted by atomic mass is 79.9. The molecule has 0 fully saturated rings. The van der Waals surface area contributed by atoms with E-state index in [-0.39, 0.29) is 12.7 Å². The Morgan fingerprint density at radius 1 is 1.43 bits per heavy atom. The molecule has 0 spiro atoms. The molecule has 1 N–H and O–H groups in total. The van der Waals surface area contributed by atoms with Gasteiger partial charge >= 0.3 is 0 Å². The molecule has 1 aromatic carbocycles. The summed E-state index contributed by atoms with van der Waals surface area (Å²) >= 11 is 10.7. The third kappa shape index (κ3) is 3.20. The summed E-state index contributed by atoms with van der Waals surface area (Å²) in [4.78, 5) is 12.4. The average Bonchev–Trinajstić information content (AvgIpc) is 3.07. The van der Waals surface area contributed by atoms with Crippen LogP contribution in [0.25, 0.3) is 0 Å². The van der Waals surface area contributed by atoms with Gasteiger partial charge in [-0.3, -0.25) is 4.79 Å². The number of hydrogen-bond donors (Lipinski definition) is 1. The number of nitrogens with one attached hydrogen (secondary N) is 1. The number of rotatable bonds is 3. The standard InChI is InChI=1S/C13H8BrClN2O3S/c14-11-2-1-10(21-11)13(18)17-16-5-7-3-8(15)12-9(4-7)19-6-20-12/h1-5H,6H2,(H,17,18)/b16-5-. The van der Waals surface area contributed by atoms with Gasteiger partial charge in [-0.15, -0.1) is 11.3 Å². The van der Waals surface area contributed by atoms with Gasteiger partial charge in [-0.05, 0) is 45.8 Å². The van der Waals surface area contributed by atoms with Gasteiger partial charge in [-0.25, -0.2) is 5.43 Å². The Balaban J connectivity index is 1.69. The Labute approximate surface area is 137 Å². The lowest BCUT2D eigenvalue weighted by atomic mass is 10.2. The lowest BCUT2D eigenvalue weighted by molar-refractivity contribution is 0.0959. The van der Waals surface area contributed by atoms with Gasteiger partial charge < -0.3 is 9.47 Å². The molecule has 21 heavy (non-hydrogen) atoms. The molecule has 8 heteroatoms. The second-order valence-electron chi connectivity index (χ2n) is 4.04. The van der Waals surface area contributed by atoms with Gasteiger partial charge in [0.15, 0.2) is 11.5 Å². The maximum Gasteiger partial charge on any atom is 0.281 e. The van der Waals surface area contributed by atoms with Crippen LogP contribution in [-0.4, -0.2) is 18.9 Å². The molecule has 2 heterocycles. The van der Waals surface area contributed by atoms with Crippen molar-refractivity contribution >= 4 is 51.0 Å². The molecule has 1 amide bonds. The first kappa shape index (κ1) is 14.4. The Kier molecular flexibility index (Phi) is 4.14. The molecule has 0 saturated carbocycles. The van der Waals surface area contributed by atoms with Crippen molar-refractivity contribution in [3.8, 4) is 11.5 Å². The van der Waals surface area contributed by atoms with Crippen molar-refractivity contribution in [2.24, 2.45) is 5.10 Å². The number of halogens is 2. The molecule has 0 atom stereocenters. The van der Waals surface area contributed by atoms with Crippen LogP contribution in [-0.2, 0) is 0 Å². The maximum atomic E-state index is 11.8. The summed E-state index contributed by atoms with van der Waals surface area (Å²) in [5.74, 6) is 0.826. The van der Waals surface area contributed by atoms with Crippen LogP contribution < -0.4 is 14.9 Å². The van der Waals surface area contributed by atoms with Crippen LogP contribution in [0.2, 0.25) is 5.02 Å². The molecule has 3 rings (SSSR count). The summed E-state index contributed by atoms with van der Waals surface area (Å²) < 4.78 is 11.4. The van der Waals surface area contributed by atoms with E-state index in [1.54, 1.807) is 24.3 Å². The van der Waals surface area contributed by atoms with Crippen LogP contribution in [0.15, 0.2) is 33.2 Å². The van der Waals surface area contributed by atoms with Gasteiger partial charge in [-0.2, -0.15) is 5.10 Å². The fourth-order valence-corrected chi connectivity index (χ4v) is 3.27. The number of amides is 1. The Hall–Kier alpha value is -1.57. The van der Waals surface area contributed by atoms with E-state index >= 15 is 0 Å². The van der Waals surface area contributed by atoms with Crippen LogP contribution in [0.3, 0.4) is 0 Å². The first-order chi connectivity index (χ1) is 10.1. The molecule has 0 bridgehead atoms. The summed E-state index contributed by atoms with van der Waals surface area (Å²) in [5, 5.41) is 4.35. The van der Waals surface area contributed by atoms with Gasteiger partial charge in [0.25, 0.3) is 5.91 Å². The number of thiophene rings is 1. The predicted octanol–water partition coefficient (Wildman–Crippen LogP) is 3.66. The van der Waals surface area contributed by atoms with Crippen molar-refractivity contribution in [1.29, 1.82) is 0 Å². The topological polar surface area (TPSA) is 59.9 Å². The highest BCUT2D eigenvalue weighted by Gasteiger charge is 2.17. The van der Waals surface area contributed by atoms with Gasteiger partial charge in [-0.1, -0.05) is 11.6 Å². The van der Waals surface area contributed by atoms with Gasteiger partial charge in [0.2, 0.25) is 6.79 Å². The summed E-state index contributed by atoms with van der Waals surface area (Å²) in [6.45, 7) is 0.152. The van der Waals surface area contributed by atoms with Crippen molar-refractivity contribution in [3.63, 3.8) is 0 Å². The zero-order chi connectivity index (χ0) is 14.8. The number of benzene rings is 1. The molecule has 0 radical (unpaired) electrons. The Morgan fingerprint density at radius 3 is 3.05 bits per heavy atom. The summed E-state index contributed by atoms with van der Waals surface area (Å²) in [7, 11) is 0. The van der Waals surface area contributed by atoms with E-state index in [1.807, 2.05) is 0 Å². The second-order valence-corrected chi connectivity index (χ2v) is 6.91. The highest BCUT2D eigenvalue weighted by Crippen LogP contribution is 2.39. The van der Waals surface area contributed by atoms with Gasteiger partial charge in [0, 0.05) is 0 Å². The highest BCUT2D eigenvalue weighted by molar-refractivity contribution is 9.11. The lowest BCUT2D eigenvalue weighted by Gasteiger charge is -2.01. The van der Waals surface area contributed by atoms with E-state index in [1.165, 1.54) is 17.6 Å². The molecule has 0 aliphatic carbocycles. The van der Waals surface area contributed by atoms with Gasteiger partial charge in [0.05, 0.1) is 19.9 Å².